The summed E-state index contributed by atoms with van der Waals surface area (Å²) < 4.78 is 11.1. The first kappa shape index (κ1) is 11.5. The van der Waals surface area contributed by atoms with Gasteiger partial charge in [-0.1, -0.05) is 41.6 Å². The van der Waals surface area contributed by atoms with Gasteiger partial charge in [0.25, 0.3) is 0 Å². The molecule has 0 amide bonds. The monoisotopic (exact) mass is 266 g/mol. The van der Waals surface area contributed by atoms with Crippen LogP contribution in [0.2, 0.25) is 0 Å². The summed E-state index contributed by atoms with van der Waals surface area (Å²) in [6.07, 6.45) is 2.32. The van der Waals surface area contributed by atoms with E-state index in [4.69, 9.17) is 9.26 Å². The Kier molecular flexibility index (Phi) is 2.66. The van der Waals surface area contributed by atoms with Crippen molar-refractivity contribution < 1.29 is 9.26 Å². The Labute approximate surface area is 116 Å². The zero-order valence-electron chi connectivity index (χ0n) is 11.0. The fourth-order valence-corrected chi connectivity index (χ4v) is 2.29. The summed E-state index contributed by atoms with van der Waals surface area (Å²) in [6.45, 7) is 0.338. The molecule has 0 atom stereocenters. The molecule has 0 unspecified atom stereocenters. The maximum atomic E-state index is 5.83. The highest BCUT2D eigenvalue weighted by atomic mass is 16.5. The fourth-order valence-electron chi connectivity index (χ4n) is 2.29. The second-order valence-electron chi connectivity index (χ2n) is 5.09. The standard InChI is InChI=1S/C16H14N2O2/c1-2-6-13-11(4-1)5-3-7-14(13)19-10-15-17-16(20-18-15)12-8-9-12/h1-7,12H,8-10H2. The summed E-state index contributed by atoms with van der Waals surface area (Å²) in [7, 11) is 0. The average molecular weight is 266 g/mol. The van der Waals surface area contributed by atoms with Crippen LogP contribution in [-0.4, -0.2) is 10.1 Å². The molecular weight excluding hydrogens is 252 g/mol. The van der Waals surface area contributed by atoms with Gasteiger partial charge in [0.2, 0.25) is 11.7 Å². The first-order valence-electron chi connectivity index (χ1n) is 6.83. The molecule has 0 saturated heterocycles. The van der Waals surface area contributed by atoms with Crippen LogP contribution in [-0.2, 0) is 6.61 Å². The average Bonchev–Trinajstić information content (AvgIpc) is 3.24. The van der Waals surface area contributed by atoms with Crippen LogP contribution in [0.4, 0.5) is 0 Å². The molecule has 1 aliphatic carbocycles. The number of rotatable bonds is 4. The van der Waals surface area contributed by atoms with E-state index in [9.17, 15) is 0 Å². The van der Waals surface area contributed by atoms with Crippen molar-refractivity contribution in [3.05, 3.63) is 54.2 Å². The van der Waals surface area contributed by atoms with Crippen molar-refractivity contribution in [1.82, 2.24) is 10.1 Å². The summed E-state index contributed by atoms with van der Waals surface area (Å²) in [5.41, 5.74) is 0. The molecule has 1 heterocycles. The minimum absolute atomic E-state index is 0.338. The van der Waals surface area contributed by atoms with Gasteiger partial charge in [-0.3, -0.25) is 0 Å². The van der Waals surface area contributed by atoms with Gasteiger partial charge in [-0.05, 0) is 24.3 Å². The zero-order valence-corrected chi connectivity index (χ0v) is 11.0. The molecule has 4 nitrogen and oxygen atoms in total. The molecule has 3 aromatic rings. The first-order valence-corrected chi connectivity index (χ1v) is 6.83. The third-order valence-corrected chi connectivity index (χ3v) is 3.52. The van der Waals surface area contributed by atoms with E-state index in [1.54, 1.807) is 0 Å². The molecule has 2 aromatic carbocycles. The third-order valence-electron chi connectivity index (χ3n) is 3.52. The number of fused-ring (bicyclic) bond motifs is 1. The maximum absolute atomic E-state index is 5.83. The van der Waals surface area contributed by atoms with Gasteiger partial charge in [0, 0.05) is 11.3 Å². The third kappa shape index (κ3) is 2.13. The normalized spacial score (nSPS) is 14.6. The second kappa shape index (κ2) is 4.63. The smallest absolute Gasteiger partial charge is 0.229 e. The maximum Gasteiger partial charge on any atom is 0.229 e. The highest BCUT2D eigenvalue weighted by molar-refractivity contribution is 5.88. The van der Waals surface area contributed by atoms with Crippen LogP contribution in [0.1, 0.15) is 30.5 Å². The lowest BCUT2D eigenvalue weighted by Crippen LogP contribution is -1.98. The van der Waals surface area contributed by atoms with E-state index in [-0.39, 0.29) is 0 Å². The van der Waals surface area contributed by atoms with Gasteiger partial charge >= 0.3 is 0 Å². The van der Waals surface area contributed by atoms with E-state index in [1.807, 2.05) is 24.3 Å². The van der Waals surface area contributed by atoms with E-state index in [1.165, 1.54) is 0 Å². The predicted molar refractivity (Wildman–Crippen MR) is 74.6 cm³/mol. The molecule has 0 bridgehead atoms. The van der Waals surface area contributed by atoms with Crippen LogP contribution in [0.25, 0.3) is 10.8 Å². The Balaban J connectivity index is 1.54. The van der Waals surface area contributed by atoms with E-state index in [0.29, 0.717) is 18.3 Å². The van der Waals surface area contributed by atoms with Crippen molar-refractivity contribution in [2.24, 2.45) is 0 Å². The van der Waals surface area contributed by atoms with E-state index in [2.05, 4.69) is 28.3 Å². The highest BCUT2D eigenvalue weighted by Gasteiger charge is 2.29. The van der Waals surface area contributed by atoms with Gasteiger partial charge in [0.05, 0.1) is 0 Å². The molecule has 20 heavy (non-hydrogen) atoms. The summed E-state index contributed by atoms with van der Waals surface area (Å²) >= 11 is 0. The first-order chi connectivity index (χ1) is 9.90. The SMILES string of the molecule is c1ccc2c(OCc3noc(C4CC4)n3)cccc2c1. The molecule has 1 fully saturated rings. The van der Waals surface area contributed by atoms with E-state index >= 15 is 0 Å². The summed E-state index contributed by atoms with van der Waals surface area (Å²) in [6, 6.07) is 14.2. The summed E-state index contributed by atoms with van der Waals surface area (Å²) in [4.78, 5) is 4.36. The number of nitrogens with zero attached hydrogens (tertiary/aromatic N) is 2. The predicted octanol–water partition coefficient (Wildman–Crippen LogP) is 3.68. The van der Waals surface area contributed by atoms with Gasteiger partial charge in [-0.2, -0.15) is 4.98 Å². The van der Waals surface area contributed by atoms with Crippen LogP contribution >= 0.6 is 0 Å². The molecule has 1 aromatic heterocycles. The Bertz CT molecular complexity index is 742. The Morgan fingerprint density at radius 1 is 1.10 bits per heavy atom. The second-order valence-corrected chi connectivity index (χ2v) is 5.09. The molecule has 1 saturated carbocycles. The van der Waals surface area contributed by atoms with Crippen LogP contribution in [0.3, 0.4) is 0 Å². The lowest BCUT2D eigenvalue weighted by Gasteiger charge is -2.07. The molecular formula is C16H14N2O2. The summed E-state index contributed by atoms with van der Waals surface area (Å²) in [5, 5.41) is 6.22. The molecule has 0 radical (unpaired) electrons. The van der Waals surface area contributed by atoms with Crippen molar-refractivity contribution in [2.45, 2.75) is 25.4 Å². The van der Waals surface area contributed by atoms with Crippen molar-refractivity contribution in [3.63, 3.8) is 0 Å². The lowest BCUT2D eigenvalue weighted by atomic mass is 10.1. The van der Waals surface area contributed by atoms with Gasteiger partial charge in [-0.25, -0.2) is 0 Å². The molecule has 0 N–H and O–H groups in total. The number of benzene rings is 2. The molecule has 1 aliphatic rings. The Morgan fingerprint density at radius 3 is 2.85 bits per heavy atom. The zero-order chi connectivity index (χ0) is 13.4. The lowest BCUT2D eigenvalue weighted by molar-refractivity contribution is 0.288. The minimum atomic E-state index is 0.338. The number of ether oxygens (including phenoxy) is 1. The quantitative estimate of drug-likeness (QED) is 0.722. The number of hydrogen-bond donors (Lipinski definition) is 0. The molecule has 100 valence electrons. The minimum Gasteiger partial charge on any atom is -0.485 e. The molecule has 0 aliphatic heterocycles. The van der Waals surface area contributed by atoms with Gasteiger partial charge < -0.3 is 9.26 Å². The van der Waals surface area contributed by atoms with Crippen molar-refractivity contribution in [1.29, 1.82) is 0 Å². The Morgan fingerprint density at radius 2 is 1.95 bits per heavy atom. The van der Waals surface area contributed by atoms with Gasteiger partial charge in [0.15, 0.2) is 6.61 Å². The van der Waals surface area contributed by atoms with E-state index in [0.717, 1.165) is 35.3 Å². The van der Waals surface area contributed by atoms with Crippen LogP contribution < -0.4 is 4.74 Å². The molecule has 4 rings (SSSR count). The Hall–Kier alpha value is -2.36. The van der Waals surface area contributed by atoms with Crippen LogP contribution in [0, 0.1) is 0 Å². The van der Waals surface area contributed by atoms with Gasteiger partial charge in [-0.15, -0.1) is 0 Å². The molecule has 0 spiro atoms. The number of hydrogen-bond acceptors (Lipinski definition) is 4. The molecule has 4 heteroatoms. The highest BCUT2D eigenvalue weighted by Crippen LogP contribution is 2.38. The van der Waals surface area contributed by atoms with Gasteiger partial charge in [0.1, 0.15) is 5.75 Å². The van der Waals surface area contributed by atoms with Crippen molar-refractivity contribution in [3.8, 4) is 5.75 Å². The largest absolute Gasteiger partial charge is 0.485 e. The summed E-state index contributed by atoms with van der Waals surface area (Å²) in [5.74, 6) is 2.69. The van der Waals surface area contributed by atoms with Crippen molar-refractivity contribution >= 4 is 10.8 Å². The van der Waals surface area contributed by atoms with Crippen molar-refractivity contribution in [2.75, 3.05) is 0 Å². The number of aromatic nitrogens is 2. The van der Waals surface area contributed by atoms with E-state index < -0.39 is 0 Å². The fraction of sp³-hybridized carbons (Fsp3) is 0.250. The topological polar surface area (TPSA) is 48.2 Å². The van der Waals surface area contributed by atoms with Crippen LogP contribution in [0.15, 0.2) is 47.0 Å². The van der Waals surface area contributed by atoms with Crippen LogP contribution in [0.5, 0.6) is 5.75 Å².